The van der Waals surface area contributed by atoms with Gasteiger partial charge in [-0.25, -0.2) is 4.39 Å². The Bertz CT molecular complexity index is 641. The van der Waals surface area contributed by atoms with Crippen LogP contribution in [0.1, 0.15) is 37.4 Å². The molecule has 0 saturated heterocycles. The number of aromatic nitrogens is 2. The van der Waals surface area contributed by atoms with Gasteiger partial charge in [-0.1, -0.05) is 29.6 Å². The highest BCUT2D eigenvalue weighted by Crippen LogP contribution is 2.34. The molecule has 112 valence electrons. The lowest BCUT2D eigenvalue weighted by Gasteiger charge is -2.17. The van der Waals surface area contributed by atoms with Crippen molar-refractivity contribution in [1.82, 2.24) is 10.1 Å². The van der Waals surface area contributed by atoms with E-state index in [-0.39, 0.29) is 11.6 Å². The molecular formula is C14H15ClFN3O2. The smallest absolute Gasteiger partial charge is 0.264 e. The molecular weight excluding hydrogens is 297 g/mol. The Morgan fingerprint density at radius 1 is 1.38 bits per heavy atom. The molecule has 1 fully saturated rings. The lowest BCUT2D eigenvalue weighted by Crippen LogP contribution is -2.34. The summed E-state index contributed by atoms with van der Waals surface area (Å²) in [7, 11) is 0. The zero-order valence-corrected chi connectivity index (χ0v) is 12.1. The highest BCUT2D eigenvalue weighted by atomic mass is 35.5. The average molecular weight is 312 g/mol. The van der Waals surface area contributed by atoms with Crippen LogP contribution in [0, 0.1) is 5.82 Å². The highest BCUT2D eigenvalue weighted by Gasteiger charge is 2.35. The van der Waals surface area contributed by atoms with Crippen molar-refractivity contribution in [3.63, 3.8) is 0 Å². The molecule has 1 aromatic heterocycles. The van der Waals surface area contributed by atoms with Crippen molar-refractivity contribution in [3.05, 3.63) is 40.8 Å². The fraction of sp³-hybridized carbons (Fsp3) is 0.429. The number of benzene rings is 1. The lowest BCUT2D eigenvalue weighted by molar-refractivity contribution is 0.241. The fourth-order valence-electron chi connectivity index (χ4n) is 2.48. The van der Waals surface area contributed by atoms with E-state index in [1.165, 1.54) is 18.2 Å². The zero-order chi connectivity index (χ0) is 14.9. The summed E-state index contributed by atoms with van der Waals surface area (Å²) >= 11 is 5.88. The molecule has 0 aliphatic heterocycles. The van der Waals surface area contributed by atoms with E-state index in [2.05, 4.69) is 10.1 Å². The molecule has 0 unspecified atom stereocenters. The van der Waals surface area contributed by atoms with Gasteiger partial charge < -0.3 is 15.0 Å². The molecule has 0 amide bonds. The molecule has 7 heteroatoms. The average Bonchev–Trinajstić information content (AvgIpc) is 3.08. The standard InChI is InChI=1S/C14H15ClFN3O2/c15-10-7-9(16)3-4-11(10)20-8-12-18-13(19-21-12)14(17)5-1-2-6-14/h3-4,7H,1-2,5-6,8,17H2. The van der Waals surface area contributed by atoms with E-state index in [9.17, 15) is 4.39 Å². The molecule has 1 aromatic carbocycles. The predicted octanol–water partition coefficient (Wildman–Crippen LogP) is 3.17. The SMILES string of the molecule is NC1(c2noc(COc3ccc(F)cc3Cl)n2)CCCC1. The molecule has 2 N–H and O–H groups in total. The van der Waals surface area contributed by atoms with Crippen molar-refractivity contribution in [3.8, 4) is 5.75 Å². The van der Waals surface area contributed by atoms with Crippen LogP contribution in [0.3, 0.4) is 0 Å². The summed E-state index contributed by atoms with van der Waals surface area (Å²) in [5, 5.41) is 4.13. The number of halogens is 2. The monoisotopic (exact) mass is 311 g/mol. The van der Waals surface area contributed by atoms with Crippen LogP contribution in [0.25, 0.3) is 0 Å². The van der Waals surface area contributed by atoms with Crippen molar-refractivity contribution in [1.29, 1.82) is 0 Å². The Balaban J connectivity index is 1.67. The zero-order valence-electron chi connectivity index (χ0n) is 11.3. The number of nitrogens with two attached hydrogens (primary N) is 1. The summed E-state index contributed by atoms with van der Waals surface area (Å²) in [6, 6.07) is 3.91. The van der Waals surface area contributed by atoms with Crippen molar-refractivity contribution >= 4 is 11.6 Å². The van der Waals surface area contributed by atoms with Gasteiger partial charge in [-0.2, -0.15) is 4.98 Å². The quantitative estimate of drug-likeness (QED) is 0.938. The summed E-state index contributed by atoms with van der Waals surface area (Å²) < 4.78 is 23.5. The predicted molar refractivity (Wildman–Crippen MR) is 74.4 cm³/mol. The second-order valence-corrected chi connectivity index (χ2v) is 5.65. The minimum absolute atomic E-state index is 0.0639. The minimum atomic E-state index is -0.491. The number of nitrogens with zero attached hydrogens (tertiary/aromatic N) is 2. The Kier molecular flexibility index (Phi) is 3.82. The van der Waals surface area contributed by atoms with Crippen LogP contribution < -0.4 is 10.5 Å². The van der Waals surface area contributed by atoms with E-state index in [1.54, 1.807) is 0 Å². The molecule has 21 heavy (non-hydrogen) atoms. The summed E-state index contributed by atoms with van der Waals surface area (Å²) in [6.07, 6.45) is 3.86. The van der Waals surface area contributed by atoms with Crippen LogP contribution in [0.15, 0.2) is 22.7 Å². The lowest BCUT2D eigenvalue weighted by atomic mass is 9.99. The molecule has 1 saturated carbocycles. The van der Waals surface area contributed by atoms with E-state index in [0.717, 1.165) is 25.7 Å². The van der Waals surface area contributed by atoms with Crippen LogP contribution in [-0.4, -0.2) is 10.1 Å². The van der Waals surface area contributed by atoms with Crippen LogP contribution in [0.2, 0.25) is 5.02 Å². The van der Waals surface area contributed by atoms with Gasteiger partial charge in [0.2, 0.25) is 0 Å². The number of ether oxygens (including phenoxy) is 1. The van der Waals surface area contributed by atoms with Gasteiger partial charge in [0, 0.05) is 0 Å². The van der Waals surface area contributed by atoms with Gasteiger partial charge in [0.05, 0.1) is 10.6 Å². The van der Waals surface area contributed by atoms with Gasteiger partial charge >= 0.3 is 0 Å². The van der Waals surface area contributed by atoms with E-state index in [1.807, 2.05) is 0 Å². The van der Waals surface area contributed by atoms with Gasteiger partial charge in [0.25, 0.3) is 5.89 Å². The second kappa shape index (κ2) is 5.61. The fourth-order valence-corrected chi connectivity index (χ4v) is 2.70. The van der Waals surface area contributed by atoms with Gasteiger partial charge in [0.15, 0.2) is 12.4 Å². The summed E-state index contributed by atoms with van der Waals surface area (Å²) in [5.74, 6) is 0.783. The molecule has 0 radical (unpaired) electrons. The third-order valence-corrected chi connectivity index (χ3v) is 3.95. The topological polar surface area (TPSA) is 74.2 Å². The maximum absolute atomic E-state index is 12.9. The first kappa shape index (κ1) is 14.3. The number of rotatable bonds is 4. The molecule has 1 heterocycles. The highest BCUT2D eigenvalue weighted by molar-refractivity contribution is 6.32. The van der Waals surface area contributed by atoms with E-state index >= 15 is 0 Å². The van der Waals surface area contributed by atoms with E-state index in [0.29, 0.717) is 17.5 Å². The summed E-state index contributed by atoms with van der Waals surface area (Å²) in [4.78, 5) is 4.28. The molecule has 3 rings (SSSR count). The first-order valence-electron chi connectivity index (χ1n) is 6.77. The maximum Gasteiger partial charge on any atom is 0.264 e. The third kappa shape index (κ3) is 3.01. The molecule has 1 aliphatic carbocycles. The van der Waals surface area contributed by atoms with Crippen molar-refractivity contribution < 1.29 is 13.7 Å². The Morgan fingerprint density at radius 3 is 2.86 bits per heavy atom. The Hall–Kier alpha value is -1.66. The molecule has 0 atom stereocenters. The normalized spacial score (nSPS) is 17.1. The summed E-state index contributed by atoms with van der Waals surface area (Å²) in [6.45, 7) is 0.0639. The van der Waals surface area contributed by atoms with Crippen LogP contribution >= 0.6 is 11.6 Å². The van der Waals surface area contributed by atoms with Crippen LogP contribution in [-0.2, 0) is 12.1 Å². The third-order valence-electron chi connectivity index (χ3n) is 3.65. The van der Waals surface area contributed by atoms with Gasteiger partial charge in [-0.3, -0.25) is 0 Å². The molecule has 0 bridgehead atoms. The molecule has 0 spiro atoms. The van der Waals surface area contributed by atoms with Gasteiger partial charge in [0.1, 0.15) is 11.6 Å². The molecule has 1 aliphatic rings. The second-order valence-electron chi connectivity index (χ2n) is 5.24. The first-order chi connectivity index (χ1) is 10.1. The van der Waals surface area contributed by atoms with Crippen molar-refractivity contribution in [2.45, 2.75) is 37.8 Å². The summed E-state index contributed by atoms with van der Waals surface area (Å²) in [5.41, 5.74) is 5.76. The van der Waals surface area contributed by atoms with Crippen molar-refractivity contribution in [2.75, 3.05) is 0 Å². The van der Waals surface area contributed by atoms with E-state index < -0.39 is 11.4 Å². The first-order valence-corrected chi connectivity index (χ1v) is 7.14. The number of hydrogen-bond acceptors (Lipinski definition) is 5. The number of hydrogen-bond donors (Lipinski definition) is 1. The largest absolute Gasteiger partial charge is 0.482 e. The molecule has 2 aromatic rings. The minimum Gasteiger partial charge on any atom is -0.482 e. The van der Waals surface area contributed by atoms with Gasteiger partial charge in [-0.15, -0.1) is 0 Å². The Morgan fingerprint density at radius 2 is 2.14 bits per heavy atom. The maximum atomic E-state index is 12.9. The van der Waals surface area contributed by atoms with E-state index in [4.69, 9.17) is 26.6 Å². The Labute approximate surface area is 126 Å². The van der Waals surface area contributed by atoms with Crippen LogP contribution in [0.5, 0.6) is 5.75 Å². The van der Waals surface area contributed by atoms with Crippen molar-refractivity contribution in [2.24, 2.45) is 5.73 Å². The van der Waals surface area contributed by atoms with Gasteiger partial charge in [-0.05, 0) is 31.0 Å². The molecule has 5 nitrogen and oxygen atoms in total. The van der Waals surface area contributed by atoms with Crippen LogP contribution in [0.4, 0.5) is 4.39 Å².